The molecule has 3 aliphatic heterocycles. The quantitative estimate of drug-likeness (QED) is 0.143. The highest BCUT2D eigenvalue weighted by atomic mass is 16.7. The topological polar surface area (TPSA) is 272 Å². The Morgan fingerprint density at radius 3 is 1.74 bits per heavy atom. The monoisotopic (exact) mass is 515 g/mol. The van der Waals surface area contributed by atoms with Crippen LogP contribution in [0.3, 0.4) is 0 Å². The predicted molar refractivity (Wildman–Crippen MR) is 112 cm³/mol. The SMILES string of the molecule is CNC1C(OC2C(CO)OC(O)C(N)C2O)OC(CO)C(OC2OC(CO)C(O)C(O)C2N)C1O. The summed E-state index contributed by atoms with van der Waals surface area (Å²) in [6.45, 7) is -1.93. The van der Waals surface area contributed by atoms with Gasteiger partial charge in [0.25, 0.3) is 0 Å². The van der Waals surface area contributed by atoms with Gasteiger partial charge in [-0.1, -0.05) is 0 Å². The van der Waals surface area contributed by atoms with Gasteiger partial charge in [0.1, 0.15) is 54.9 Å². The van der Waals surface area contributed by atoms with Crippen LogP contribution in [0, 0.1) is 0 Å². The van der Waals surface area contributed by atoms with Gasteiger partial charge in [-0.05, 0) is 7.05 Å². The average molecular weight is 516 g/mol. The van der Waals surface area contributed by atoms with Gasteiger partial charge in [-0.25, -0.2) is 0 Å². The average Bonchev–Trinajstić information content (AvgIpc) is 2.85. The van der Waals surface area contributed by atoms with Crippen molar-refractivity contribution < 1.29 is 64.5 Å². The Labute approximate surface area is 200 Å². The highest BCUT2D eigenvalue weighted by Crippen LogP contribution is 2.31. The lowest BCUT2D eigenvalue weighted by Gasteiger charge is -2.49. The molecule has 0 radical (unpaired) electrons. The van der Waals surface area contributed by atoms with Crippen molar-refractivity contribution in [3.05, 3.63) is 0 Å². The van der Waals surface area contributed by atoms with Crippen molar-refractivity contribution in [3.63, 3.8) is 0 Å². The molecule has 16 heteroatoms. The van der Waals surface area contributed by atoms with E-state index in [-0.39, 0.29) is 0 Å². The van der Waals surface area contributed by atoms with Gasteiger partial charge in [-0.2, -0.15) is 0 Å². The fraction of sp³-hybridized carbons (Fsp3) is 1.00. The van der Waals surface area contributed by atoms with Crippen LogP contribution in [0.5, 0.6) is 0 Å². The van der Waals surface area contributed by atoms with Crippen molar-refractivity contribution in [1.29, 1.82) is 0 Å². The molecule has 13 N–H and O–H groups in total. The van der Waals surface area contributed by atoms with E-state index in [1.807, 2.05) is 0 Å². The number of hydrogen-bond donors (Lipinski definition) is 11. The fourth-order valence-electron chi connectivity index (χ4n) is 4.46. The van der Waals surface area contributed by atoms with Crippen LogP contribution in [0.2, 0.25) is 0 Å². The number of likely N-dealkylation sites (N-methyl/N-ethyl adjacent to an activating group) is 1. The zero-order chi connectivity index (χ0) is 26.0. The first-order chi connectivity index (χ1) is 16.6. The van der Waals surface area contributed by atoms with Crippen molar-refractivity contribution in [2.45, 2.75) is 91.9 Å². The molecule has 206 valence electrons. The smallest absolute Gasteiger partial charge is 0.176 e. The second-order valence-electron chi connectivity index (χ2n) is 8.83. The number of nitrogens with one attached hydrogen (secondary N) is 1. The van der Waals surface area contributed by atoms with E-state index < -0.39 is 112 Å². The summed E-state index contributed by atoms with van der Waals surface area (Å²) in [6, 6.07) is -3.53. The molecular weight excluding hydrogens is 478 g/mol. The summed E-state index contributed by atoms with van der Waals surface area (Å²) < 4.78 is 27.9. The van der Waals surface area contributed by atoms with Crippen molar-refractivity contribution in [2.75, 3.05) is 26.9 Å². The molecule has 0 bridgehead atoms. The molecule has 3 aliphatic rings. The number of nitrogens with two attached hydrogens (primary N) is 2. The molecule has 15 unspecified atom stereocenters. The lowest BCUT2D eigenvalue weighted by Crippen LogP contribution is -2.69. The van der Waals surface area contributed by atoms with Gasteiger partial charge in [-0.3, -0.25) is 0 Å². The maximum atomic E-state index is 11.0. The summed E-state index contributed by atoms with van der Waals surface area (Å²) in [5.74, 6) is 0. The van der Waals surface area contributed by atoms with Crippen LogP contribution in [0.1, 0.15) is 0 Å². The summed E-state index contributed by atoms with van der Waals surface area (Å²) in [5, 5.41) is 83.2. The second kappa shape index (κ2) is 12.3. The Bertz CT molecular complexity index is 663. The minimum absolute atomic E-state index is 0.628. The first-order valence-corrected chi connectivity index (χ1v) is 11.3. The molecular formula is C19H37N3O13. The number of rotatable bonds is 8. The molecule has 35 heavy (non-hydrogen) atoms. The minimum Gasteiger partial charge on any atom is -0.394 e. The van der Waals surface area contributed by atoms with Gasteiger partial charge < -0.3 is 81.3 Å². The van der Waals surface area contributed by atoms with Crippen LogP contribution >= 0.6 is 0 Å². The molecule has 3 saturated heterocycles. The summed E-state index contributed by atoms with van der Waals surface area (Å²) >= 11 is 0. The molecule has 3 heterocycles. The number of ether oxygens (including phenoxy) is 5. The van der Waals surface area contributed by atoms with E-state index in [0.29, 0.717) is 0 Å². The standard InChI is InChI=1S/C19H37N3O13/c1-22-10-14(29)16(34-18-9(21)12(27)11(26)5(2-23)32-18)7(4-25)33-19(10)35-15-6(3-24)31-17(30)8(20)13(15)28/h5-19,22-30H,2-4,20-21H2,1H3. The first-order valence-electron chi connectivity index (χ1n) is 11.3. The molecule has 0 amide bonds. The van der Waals surface area contributed by atoms with Crippen molar-refractivity contribution in [2.24, 2.45) is 11.5 Å². The molecule has 0 aromatic rings. The zero-order valence-corrected chi connectivity index (χ0v) is 19.1. The van der Waals surface area contributed by atoms with Crippen LogP contribution in [0.4, 0.5) is 0 Å². The van der Waals surface area contributed by atoms with E-state index in [4.69, 9.17) is 35.2 Å². The molecule has 0 spiro atoms. The van der Waals surface area contributed by atoms with Gasteiger partial charge in [0.05, 0.1) is 37.9 Å². The Hall–Kier alpha value is -0.640. The maximum Gasteiger partial charge on any atom is 0.176 e. The van der Waals surface area contributed by atoms with E-state index in [1.54, 1.807) is 0 Å². The van der Waals surface area contributed by atoms with E-state index in [2.05, 4.69) is 5.32 Å². The third kappa shape index (κ3) is 5.78. The van der Waals surface area contributed by atoms with Crippen LogP contribution in [-0.4, -0.2) is 160 Å². The molecule has 15 atom stereocenters. The zero-order valence-electron chi connectivity index (χ0n) is 19.1. The highest BCUT2D eigenvalue weighted by Gasteiger charge is 2.52. The Morgan fingerprint density at radius 2 is 1.17 bits per heavy atom. The third-order valence-electron chi connectivity index (χ3n) is 6.62. The van der Waals surface area contributed by atoms with E-state index in [9.17, 15) is 40.9 Å². The molecule has 3 rings (SSSR count). The minimum atomic E-state index is -1.54. The summed E-state index contributed by atoms with van der Waals surface area (Å²) in [5.41, 5.74) is 11.6. The van der Waals surface area contributed by atoms with Crippen LogP contribution < -0.4 is 16.8 Å². The van der Waals surface area contributed by atoms with Gasteiger partial charge in [-0.15, -0.1) is 0 Å². The highest BCUT2D eigenvalue weighted by molar-refractivity contribution is 4.99. The van der Waals surface area contributed by atoms with Crippen LogP contribution in [-0.2, 0) is 23.7 Å². The second-order valence-corrected chi connectivity index (χ2v) is 8.83. The van der Waals surface area contributed by atoms with Gasteiger partial charge in [0, 0.05) is 0 Å². The van der Waals surface area contributed by atoms with Gasteiger partial charge >= 0.3 is 0 Å². The van der Waals surface area contributed by atoms with Crippen LogP contribution in [0.15, 0.2) is 0 Å². The van der Waals surface area contributed by atoms with E-state index in [0.717, 1.165) is 0 Å². The van der Waals surface area contributed by atoms with Crippen molar-refractivity contribution >= 4 is 0 Å². The van der Waals surface area contributed by atoms with Crippen LogP contribution in [0.25, 0.3) is 0 Å². The van der Waals surface area contributed by atoms with Crippen molar-refractivity contribution in [3.8, 4) is 0 Å². The molecule has 0 aliphatic carbocycles. The van der Waals surface area contributed by atoms with E-state index in [1.165, 1.54) is 7.05 Å². The summed E-state index contributed by atoms with van der Waals surface area (Å²) in [4.78, 5) is 0. The summed E-state index contributed by atoms with van der Waals surface area (Å²) in [7, 11) is 1.47. The Morgan fingerprint density at radius 1 is 0.657 bits per heavy atom. The predicted octanol–water partition coefficient (Wildman–Crippen LogP) is -7.41. The number of aliphatic hydroxyl groups is 8. The third-order valence-corrected chi connectivity index (χ3v) is 6.62. The van der Waals surface area contributed by atoms with Crippen molar-refractivity contribution in [1.82, 2.24) is 5.32 Å². The Balaban J connectivity index is 1.76. The molecule has 0 aromatic carbocycles. The normalized spacial score (nSPS) is 51.3. The Kier molecular flexibility index (Phi) is 10.1. The van der Waals surface area contributed by atoms with Gasteiger partial charge in [0.15, 0.2) is 18.9 Å². The first kappa shape index (κ1) is 28.9. The molecule has 0 saturated carbocycles. The number of aliphatic hydroxyl groups excluding tert-OH is 8. The maximum absolute atomic E-state index is 11.0. The summed E-state index contributed by atoms with van der Waals surface area (Å²) in [6.07, 6.45) is -16.2. The molecule has 3 fully saturated rings. The largest absolute Gasteiger partial charge is 0.394 e. The fourth-order valence-corrected chi connectivity index (χ4v) is 4.46. The number of hydrogen-bond acceptors (Lipinski definition) is 16. The van der Waals surface area contributed by atoms with E-state index >= 15 is 0 Å². The lowest BCUT2D eigenvalue weighted by molar-refractivity contribution is -0.350. The molecule has 16 nitrogen and oxygen atoms in total. The van der Waals surface area contributed by atoms with Gasteiger partial charge in [0.2, 0.25) is 0 Å². The molecule has 0 aromatic heterocycles. The lowest BCUT2D eigenvalue weighted by atomic mass is 9.94.